The van der Waals surface area contributed by atoms with Crippen molar-refractivity contribution in [1.82, 2.24) is 0 Å². The van der Waals surface area contributed by atoms with Crippen molar-refractivity contribution in [2.24, 2.45) is 0 Å². The smallest absolute Gasteiger partial charge is 0.319 e. The molecule has 3 aromatic carbocycles. The molecular formula is C26H28Cl2O3Si. The van der Waals surface area contributed by atoms with Crippen molar-refractivity contribution in [3.8, 4) is 5.75 Å². The Hall–Kier alpha value is -2.27. The SMILES string of the molecule is [2H]C(Cl)(Cl)COC(=O)Cc1cccc(O[Si](c2ccccc2)(c2ccccc2)C(C)(C)C)c1. The molecule has 0 saturated heterocycles. The Balaban J connectivity index is 1.98. The van der Waals surface area contributed by atoms with E-state index in [4.69, 9.17) is 33.7 Å². The Bertz CT molecular complexity index is 1020. The molecule has 3 aromatic rings. The van der Waals surface area contributed by atoms with Gasteiger partial charge in [0.05, 0.1) is 7.79 Å². The molecule has 0 fully saturated rings. The van der Waals surface area contributed by atoms with Gasteiger partial charge in [-0.1, -0.05) is 93.6 Å². The van der Waals surface area contributed by atoms with Crippen LogP contribution in [0.15, 0.2) is 84.9 Å². The number of carbonyl (C=O) groups is 1. The first kappa shape index (κ1) is 22.9. The molecule has 0 aromatic heterocycles. The highest BCUT2D eigenvalue weighted by atomic mass is 35.5. The molecule has 0 aliphatic rings. The van der Waals surface area contributed by atoms with Gasteiger partial charge in [0.25, 0.3) is 0 Å². The number of rotatable bonds is 8. The third kappa shape index (κ3) is 5.74. The monoisotopic (exact) mass is 487 g/mol. The molecule has 0 atom stereocenters. The van der Waals surface area contributed by atoms with Gasteiger partial charge < -0.3 is 9.16 Å². The lowest BCUT2D eigenvalue weighted by molar-refractivity contribution is -0.142. The minimum absolute atomic E-state index is 0.0296. The standard InChI is InChI=1S/C26H28Cl2O3Si/c1-26(2,3)32(22-13-6-4-7-14-22,23-15-8-5-9-16-23)31-21-12-10-11-20(17-21)18-25(29)30-19-24(27)28/h4-17,24H,18-19H2,1-3H3/i24D. The van der Waals surface area contributed by atoms with E-state index >= 15 is 0 Å². The summed E-state index contributed by atoms with van der Waals surface area (Å²) >= 11 is 11.2. The molecule has 0 radical (unpaired) electrons. The lowest BCUT2D eigenvalue weighted by atomic mass is 10.1. The Morgan fingerprint density at radius 1 is 0.938 bits per heavy atom. The molecule has 0 heterocycles. The van der Waals surface area contributed by atoms with E-state index in [-0.39, 0.29) is 11.5 Å². The summed E-state index contributed by atoms with van der Waals surface area (Å²) in [5.41, 5.74) is 0.746. The van der Waals surface area contributed by atoms with Gasteiger partial charge in [-0.15, -0.1) is 23.2 Å². The van der Waals surface area contributed by atoms with E-state index in [0.717, 1.165) is 5.56 Å². The zero-order chi connectivity index (χ0) is 24.1. The maximum Gasteiger partial charge on any atom is 0.319 e. The number of ether oxygens (including phenoxy) is 1. The van der Waals surface area contributed by atoms with Crippen LogP contribution in [-0.2, 0) is 16.0 Å². The average molecular weight is 489 g/mol. The van der Waals surface area contributed by atoms with Crippen LogP contribution >= 0.6 is 23.2 Å². The molecule has 6 heteroatoms. The Kier molecular flexibility index (Phi) is 7.56. The van der Waals surface area contributed by atoms with Gasteiger partial charge in [0.2, 0.25) is 0 Å². The first-order valence-electron chi connectivity index (χ1n) is 10.9. The van der Waals surface area contributed by atoms with E-state index in [1.165, 1.54) is 10.4 Å². The Morgan fingerprint density at radius 2 is 1.50 bits per heavy atom. The van der Waals surface area contributed by atoms with Crippen molar-refractivity contribution >= 4 is 47.9 Å². The summed E-state index contributed by atoms with van der Waals surface area (Å²) in [6, 6.07) is 28.2. The summed E-state index contributed by atoms with van der Waals surface area (Å²) in [4.78, 5) is 10.3. The fourth-order valence-corrected chi connectivity index (χ4v) is 8.42. The molecule has 0 aliphatic heterocycles. The van der Waals surface area contributed by atoms with Gasteiger partial charge in [-0.25, -0.2) is 0 Å². The van der Waals surface area contributed by atoms with E-state index in [9.17, 15) is 4.79 Å². The van der Waals surface area contributed by atoms with Gasteiger partial charge in [-0.3, -0.25) is 4.79 Å². The van der Waals surface area contributed by atoms with Gasteiger partial charge in [-0.2, -0.15) is 0 Å². The van der Waals surface area contributed by atoms with Crippen LogP contribution in [0.4, 0.5) is 0 Å². The number of hydrogen-bond donors (Lipinski definition) is 0. The maximum atomic E-state index is 12.2. The number of alkyl halides is 2. The van der Waals surface area contributed by atoms with E-state index in [1.807, 2.05) is 60.7 Å². The minimum Gasteiger partial charge on any atom is -0.534 e. The van der Waals surface area contributed by atoms with Gasteiger partial charge in [0.1, 0.15) is 17.2 Å². The summed E-state index contributed by atoms with van der Waals surface area (Å²) in [6.07, 6.45) is 0.0296. The summed E-state index contributed by atoms with van der Waals surface area (Å²) < 4.78 is 19.4. The van der Waals surface area contributed by atoms with Crippen LogP contribution in [-0.4, -0.2) is 25.7 Å². The largest absolute Gasteiger partial charge is 0.534 e. The summed E-state index contributed by atoms with van der Waals surface area (Å²) in [6.45, 7) is 6.25. The lowest BCUT2D eigenvalue weighted by Gasteiger charge is -2.43. The second-order valence-corrected chi connectivity index (χ2v) is 13.9. The molecule has 0 N–H and O–H groups in total. The van der Waals surface area contributed by atoms with Crippen LogP contribution in [0, 0.1) is 0 Å². The van der Waals surface area contributed by atoms with Crippen LogP contribution in [0.3, 0.4) is 0 Å². The van der Waals surface area contributed by atoms with Crippen LogP contribution in [0.25, 0.3) is 0 Å². The van der Waals surface area contributed by atoms with Crippen molar-refractivity contribution in [3.63, 3.8) is 0 Å². The van der Waals surface area contributed by atoms with E-state index in [0.29, 0.717) is 5.75 Å². The number of carbonyl (C=O) groups excluding carboxylic acids is 1. The van der Waals surface area contributed by atoms with Crippen LogP contribution in [0.2, 0.25) is 5.04 Å². The third-order valence-electron chi connectivity index (χ3n) is 5.28. The number of esters is 1. The fraction of sp³-hybridized carbons (Fsp3) is 0.269. The first-order valence-corrected chi connectivity index (χ1v) is 13.1. The van der Waals surface area contributed by atoms with Crippen LogP contribution < -0.4 is 14.8 Å². The molecule has 3 nitrogen and oxygen atoms in total. The Morgan fingerprint density at radius 3 is 2.00 bits per heavy atom. The quantitative estimate of drug-likeness (QED) is 0.238. The zero-order valence-corrected chi connectivity index (χ0v) is 21.0. The molecule has 0 saturated carbocycles. The second-order valence-electron chi connectivity index (χ2n) is 8.59. The molecule has 168 valence electrons. The fourth-order valence-electron chi connectivity index (χ4n) is 3.90. The summed E-state index contributed by atoms with van der Waals surface area (Å²) in [5, 5.41) is 2.16. The van der Waals surface area contributed by atoms with Crippen LogP contribution in [0.1, 0.15) is 27.7 Å². The van der Waals surface area contributed by atoms with Gasteiger partial charge in [0, 0.05) is 0 Å². The maximum absolute atomic E-state index is 12.2. The average Bonchev–Trinajstić information content (AvgIpc) is 2.76. The highest BCUT2D eigenvalue weighted by Crippen LogP contribution is 2.37. The topological polar surface area (TPSA) is 35.5 Å². The van der Waals surface area contributed by atoms with Crippen molar-refractivity contribution in [2.75, 3.05) is 6.61 Å². The number of hydrogen-bond acceptors (Lipinski definition) is 3. The van der Waals surface area contributed by atoms with E-state index in [1.54, 1.807) is 0 Å². The predicted molar refractivity (Wildman–Crippen MR) is 135 cm³/mol. The number of benzene rings is 3. The number of halogens is 2. The van der Waals surface area contributed by atoms with Gasteiger partial charge in [-0.05, 0) is 33.1 Å². The first-order chi connectivity index (χ1) is 15.5. The predicted octanol–water partition coefficient (Wildman–Crippen LogP) is 5.51. The molecule has 32 heavy (non-hydrogen) atoms. The molecular weight excluding hydrogens is 459 g/mol. The van der Waals surface area contributed by atoms with Crippen molar-refractivity contribution < 1.29 is 15.3 Å². The van der Waals surface area contributed by atoms with Gasteiger partial charge >= 0.3 is 14.3 Å². The molecule has 3 rings (SSSR count). The van der Waals surface area contributed by atoms with Gasteiger partial charge in [0.15, 0.2) is 0 Å². The molecule has 0 unspecified atom stereocenters. The summed E-state index contributed by atoms with van der Waals surface area (Å²) in [7, 11) is -2.77. The van der Waals surface area contributed by atoms with Crippen molar-refractivity contribution in [3.05, 3.63) is 90.5 Å². The normalized spacial score (nSPS) is 12.7. The van der Waals surface area contributed by atoms with E-state index < -0.39 is 25.7 Å². The molecule has 0 aliphatic carbocycles. The second kappa shape index (κ2) is 10.6. The Labute approximate surface area is 202 Å². The third-order valence-corrected chi connectivity index (χ3v) is 10.4. The molecule has 0 bridgehead atoms. The molecule has 0 spiro atoms. The minimum atomic E-state index is -2.77. The molecule has 0 amide bonds. The van der Waals surface area contributed by atoms with E-state index in [2.05, 4.69) is 45.0 Å². The van der Waals surface area contributed by atoms with Crippen molar-refractivity contribution in [2.45, 2.75) is 37.0 Å². The zero-order valence-electron chi connectivity index (χ0n) is 19.5. The van der Waals surface area contributed by atoms with Crippen LogP contribution in [0.5, 0.6) is 5.75 Å². The summed E-state index contributed by atoms with van der Waals surface area (Å²) in [5.74, 6) is 0.189. The highest BCUT2D eigenvalue weighted by Gasteiger charge is 2.52. The highest BCUT2D eigenvalue weighted by molar-refractivity contribution is 7.00. The lowest BCUT2D eigenvalue weighted by Crippen LogP contribution is -2.68. The van der Waals surface area contributed by atoms with Crippen molar-refractivity contribution in [1.29, 1.82) is 0 Å².